The number of nitrogens with one attached hydrogen (secondary N) is 1. The molecule has 0 unspecified atom stereocenters. The van der Waals surface area contributed by atoms with Crippen molar-refractivity contribution in [1.29, 1.82) is 0 Å². The molecule has 0 saturated carbocycles. The number of benzene rings is 3. The van der Waals surface area contributed by atoms with Gasteiger partial charge >= 0.3 is 0 Å². The zero-order valence-electron chi connectivity index (χ0n) is 19.9. The highest BCUT2D eigenvalue weighted by Crippen LogP contribution is 2.30. The highest BCUT2D eigenvalue weighted by molar-refractivity contribution is 6.32. The number of aromatic nitrogens is 4. The van der Waals surface area contributed by atoms with Gasteiger partial charge in [0.1, 0.15) is 11.3 Å². The Morgan fingerprint density at radius 2 is 1.81 bits per heavy atom. The van der Waals surface area contributed by atoms with Crippen molar-refractivity contribution in [2.45, 2.75) is 0 Å². The van der Waals surface area contributed by atoms with Gasteiger partial charge in [0.2, 0.25) is 0 Å². The van der Waals surface area contributed by atoms with Gasteiger partial charge in [0.15, 0.2) is 5.69 Å². The van der Waals surface area contributed by atoms with E-state index in [1.165, 1.54) is 11.8 Å². The molecule has 3 aromatic carbocycles. The molecule has 0 aliphatic heterocycles. The van der Waals surface area contributed by atoms with Gasteiger partial charge in [-0.3, -0.25) is 14.6 Å². The number of methoxy groups -OCH3 is 1. The van der Waals surface area contributed by atoms with E-state index in [4.69, 9.17) is 16.3 Å². The lowest BCUT2D eigenvalue weighted by atomic mass is 10.1. The number of nitrogens with zero attached hydrogens (tertiary/aromatic N) is 4. The first kappa shape index (κ1) is 22.8. The predicted molar refractivity (Wildman–Crippen MR) is 145 cm³/mol. The van der Waals surface area contributed by atoms with E-state index in [1.807, 2.05) is 54.6 Å². The SMILES string of the molecule is COc1ccc(-n2nc(C(=O)Nc3cnc4ccccc4c3)c3c4ccccc4n(C)c3c2=O)cc1Cl. The van der Waals surface area contributed by atoms with Crippen LogP contribution in [0.1, 0.15) is 10.5 Å². The average molecular weight is 510 g/mol. The van der Waals surface area contributed by atoms with E-state index in [0.717, 1.165) is 21.8 Å². The first-order chi connectivity index (χ1) is 18.0. The summed E-state index contributed by atoms with van der Waals surface area (Å²) in [6.45, 7) is 0. The summed E-state index contributed by atoms with van der Waals surface area (Å²) in [5.41, 5.74) is 2.63. The van der Waals surface area contributed by atoms with Crippen molar-refractivity contribution in [3.63, 3.8) is 0 Å². The second kappa shape index (κ2) is 8.76. The Morgan fingerprint density at radius 3 is 2.62 bits per heavy atom. The first-order valence-corrected chi connectivity index (χ1v) is 11.8. The summed E-state index contributed by atoms with van der Waals surface area (Å²) in [6.07, 6.45) is 1.60. The second-order valence-electron chi connectivity index (χ2n) is 8.56. The number of ether oxygens (including phenoxy) is 1. The van der Waals surface area contributed by atoms with E-state index >= 15 is 0 Å². The fraction of sp³-hybridized carbons (Fsp3) is 0.0714. The van der Waals surface area contributed by atoms with Crippen LogP contribution in [-0.4, -0.2) is 32.3 Å². The summed E-state index contributed by atoms with van der Waals surface area (Å²) >= 11 is 6.34. The summed E-state index contributed by atoms with van der Waals surface area (Å²) in [6, 6.07) is 21.9. The molecule has 0 saturated heterocycles. The molecule has 0 radical (unpaired) electrons. The lowest BCUT2D eigenvalue weighted by Crippen LogP contribution is -2.27. The highest BCUT2D eigenvalue weighted by atomic mass is 35.5. The highest BCUT2D eigenvalue weighted by Gasteiger charge is 2.24. The Kier molecular flexibility index (Phi) is 5.39. The van der Waals surface area contributed by atoms with Gasteiger partial charge < -0.3 is 14.6 Å². The number of para-hydroxylation sites is 2. The fourth-order valence-electron chi connectivity index (χ4n) is 4.63. The van der Waals surface area contributed by atoms with Gasteiger partial charge in [0.25, 0.3) is 11.5 Å². The van der Waals surface area contributed by atoms with Crippen LogP contribution in [0.15, 0.2) is 83.8 Å². The van der Waals surface area contributed by atoms with E-state index in [1.54, 1.807) is 36.0 Å². The number of hydrogen-bond donors (Lipinski definition) is 1. The molecule has 37 heavy (non-hydrogen) atoms. The molecule has 0 atom stereocenters. The number of fused-ring (bicyclic) bond motifs is 4. The molecule has 1 N–H and O–H groups in total. The zero-order valence-corrected chi connectivity index (χ0v) is 20.7. The van der Waals surface area contributed by atoms with E-state index in [2.05, 4.69) is 15.4 Å². The minimum absolute atomic E-state index is 0.103. The Hall–Kier alpha value is -4.69. The number of pyridine rings is 1. The summed E-state index contributed by atoms with van der Waals surface area (Å²) < 4.78 is 8.22. The number of amides is 1. The molecule has 6 rings (SSSR count). The zero-order chi connectivity index (χ0) is 25.7. The Balaban J connectivity index is 1.58. The summed E-state index contributed by atoms with van der Waals surface area (Å²) in [7, 11) is 3.31. The Morgan fingerprint density at radius 1 is 1.03 bits per heavy atom. The van der Waals surface area contributed by atoms with E-state index in [0.29, 0.717) is 33.0 Å². The van der Waals surface area contributed by atoms with Gasteiger partial charge in [-0.1, -0.05) is 48.0 Å². The molecule has 1 amide bonds. The number of hydrogen-bond acceptors (Lipinski definition) is 5. The summed E-state index contributed by atoms with van der Waals surface area (Å²) in [4.78, 5) is 31.9. The van der Waals surface area contributed by atoms with Gasteiger partial charge in [-0.2, -0.15) is 9.78 Å². The van der Waals surface area contributed by atoms with Gasteiger partial charge in [0, 0.05) is 28.7 Å². The second-order valence-corrected chi connectivity index (χ2v) is 8.96. The number of carbonyl (C=O) groups is 1. The molecule has 9 heteroatoms. The molecule has 182 valence electrons. The Labute approximate surface area is 215 Å². The van der Waals surface area contributed by atoms with Gasteiger partial charge in [0.05, 0.1) is 35.2 Å². The smallest absolute Gasteiger partial charge is 0.296 e. The van der Waals surface area contributed by atoms with Crippen molar-refractivity contribution in [2.75, 3.05) is 12.4 Å². The van der Waals surface area contributed by atoms with Gasteiger partial charge in [-0.15, -0.1) is 0 Å². The van der Waals surface area contributed by atoms with E-state index in [-0.39, 0.29) is 11.3 Å². The van der Waals surface area contributed by atoms with Crippen molar-refractivity contribution in [2.24, 2.45) is 7.05 Å². The lowest BCUT2D eigenvalue weighted by molar-refractivity contribution is 0.102. The molecule has 0 bridgehead atoms. The van der Waals surface area contributed by atoms with Crippen LogP contribution < -0.4 is 15.6 Å². The molecular weight excluding hydrogens is 490 g/mol. The average Bonchev–Trinajstić information content (AvgIpc) is 3.22. The van der Waals surface area contributed by atoms with E-state index in [9.17, 15) is 9.59 Å². The van der Waals surface area contributed by atoms with Crippen molar-refractivity contribution in [3.8, 4) is 11.4 Å². The molecule has 8 nitrogen and oxygen atoms in total. The van der Waals surface area contributed by atoms with Crippen LogP contribution in [0.4, 0.5) is 5.69 Å². The number of halogens is 1. The quantitative estimate of drug-likeness (QED) is 0.346. The largest absolute Gasteiger partial charge is 0.495 e. The monoisotopic (exact) mass is 509 g/mol. The normalized spacial score (nSPS) is 11.3. The molecule has 3 heterocycles. The number of aryl methyl sites for hydroxylation is 1. The molecule has 0 aliphatic rings. The van der Waals surface area contributed by atoms with Gasteiger partial charge in [-0.25, -0.2) is 0 Å². The van der Waals surface area contributed by atoms with Crippen LogP contribution in [0.25, 0.3) is 38.4 Å². The minimum Gasteiger partial charge on any atom is -0.495 e. The molecule has 0 aliphatic carbocycles. The maximum Gasteiger partial charge on any atom is 0.296 e. The van der Waals surface area contributed by atoms with Crippen LogP contribution in [0.5, 0.6) is 5.75 Å². The molecule has 0 spiro atoms. The van der Waals surface area contributed by atoms with Crippen molar-refractivity contribution >= 4 is 55.9 Å². The fourth-order valence-corrected chi connectivity index (χ4v) is 4.88. The van der Waals surface area contributed by atoms with Crippen LogP contribution in [0, 0.1) is 0 Å². The predicted octanol–water partition coefficient (Wildman–Crippen LogP) is 5.34. The molecule has 3 aromatic heterocycles. The maximum atomic E-state index is 13.7. The minimum atomic E-state index is -0.466. The first-order valence-electron chi connectivity index (χ1n) is 11.5. The number of anilines is 1. The van der Waals surface area contributed by atoms with E-state index < -0.39 is 5.91 Å². The van der Waals surface area contributed by atoms with Crippen molar-refractivity contribution in [3.05, 3.63) is 100 Å². The topological polar surface area (TPSA) is 91.0 Å². The third kappa shape index (κ3) is 3.70. The van der Waals surface area contributed by atoms with Crippen LogP contribution in [0.3, 0.4) is 0 Å². The van der Waals surface area contributed by atoms with Crippen molar-refractivity contribution < 1.29 is 9.53 Å². The standard InChI is InChI=1S/C28H20ClN5O3/c1-33-22-10-6-4-8-19(22)24-25(27(35)31-17-13-16-7-3-5-9-21(16)30-15-17)32-34(28(36)26(24)33)18-11-12-23(37-2)20(29)14-18/h3-15H,1-2H3,(H,31,35). The van der Waals surface area contributed by atoms with Crippen LogP contribution in [0.2, 0.25) is 5.02 Å². The molecule has 0 fully saturated rings. The van der Waals surface area contributed by atoms with Crippen LogP contribution >= 0.6 is 11.6 Å². The number of carbonyl (C=O) groups excluding carboxylic acids is 1. The third-order valence-corrected chi connectivity index (χ3v) is 6.68. The van der Waals surface area contributed by atoms with Gasteiger partial charge in [-0.05, 0) is 36.4 Å². The molecule has 6 aromatic rings. The van der Waals surface area contributed by atoms with Crippen LogP contribution in [-0.2, 0) is 7.05 Å². The Bertz CT molecular complexity index is 1930. The maximum absolute atomic E-state index is 13.7. The lowest BCUT2D eigenvalue weighted by Gasteiger charge is -2.12. The third-order valence-electron chi connectivity index (χ3n) is 6.38. The van der Waals surface area contributed by atoms with Crippen molar-refractivity contribution in [1.82, 2.24) is 19.3 Å². The molecular formula is C28H20ClN5O3. The summed E-state index contributed by atoms with van der Waals surface area (Å²) in [5, 5.41) is 9.90. The summed E-state index contributed by atoms with van der Waals surface area (Å²) in [5.74, 6) is -0.00212. The number of rotatable bonds is 4.